The normalized spacial score (nSPS) is 18.3. The van der Waals surface area contributed by atoms with Crippen molar-refractivity contribution < 1.29 is 23.0 Å². The van der Waals surface area contributed by atoms with Gasteiger partial charge in [-0.1, -0.05) is 17.7 Å². The lowest BCUT2D eigenvalue weighted by Crippen LogP contribution is -2.46. The molecule has 0 saturated carbocycles. The van der Waals surface area contributed by atoms with Crippen LogP contribution in [0.15, 0.2) is 30.3 Å². The lowest BCUT2D eigenvalue weighted by molar-refractivity contribution is -0.109. The Balaban J connectivity index is 1.84. The molecular formula is C29H49N5O5P2. The number of hydrogen-bond acceptors (Lipinski definition) is 10. The number of fused-ring (bicyclic) bond motifs is 1. The van der Waals surface area contributed by atoms with Gasteiger partial charge in [0.2, 0.25) is 0 Å². The molecule has 2 aromatic rings. The van der Waals surface area contributed by atoms with Crippen LogP contribution >= 0.6 is 14.7 Å². The van der Waals surface area contributed by atoms with E-state index in [9.17, 15) is 13.9 Å². The molecule has 10 nitrogen and oxygen atoms in total. The van der Waals surface area contributed by atoms with E-state index in [4.69, 9.17) is 14.0 Å². The van der Waals surface area contributed by atoms with Crippen molar-refractivity contribution in [3.8, 4) is 0 Å². The molecule has 1 aromatic carbocycles. The number of aldehydes is 1. The highest BCUT2D eigenvalue weighted by molar-refractivity contribution is 7.62. The molecule has 1 saturated heterocycles. The van der Waals surface area contributed by atoms with Crippen LogP contribution in [0.3, 0.4) is 0 Å². The lowest BCUT2D eigenvalue weighted by atomic mass is 10.1. The van der Waals surface area contributed by atoms with Gasteiger partial charge in [-0.2, -0.15) is 0 Å². The molecule has 0 N–H and O–H groups in total. The van der Waals surface area contributed by atoms with E-state index in [0.29, 0.717) is 58.8 Å². The molecule has 0 atom stereocenters. The van der Waals surface area contributed by atoms with Crippen molar-refractivity contribution in [2.75, 3.05) is 98.0 Å². The first-order valence-corrected chi connectivity index (χ1v) is 19.2. The first kappa shape index (κ1) is 34.0. The fourth-order valence-electron chi connectivity index (χ4n) is 5.15. The molecule has 41 heavy (non-hydrogen) atoms. The Hall–Kier alpha value is -1.48. The second kappa shape index (κ2) is 16.4. The number of aryl methyl sites for hydroxylation is 1. The van der Waals surface area contributed by atoms with Crippen LogP contribution in [0.4, 0.5) is 0 Å². The van der Waals surface area contributed by atoms with Crippen LogP contribution in [0.25, 0.3) is 10.9 Å². The van der Waals surface area contributed by atoms with Gasteiger partial charge < -0.3 is 18.4 Å². The number of benzene rings is 1. The number of aromatic nitrogens is 1. The zero-order chi connectivity index (χ0) is 29.9. The lowest BCUT2D eigenvalue weighted by Gasteiger charge is -2.35. The number of hydrogen-bond donors (Lipinski definition) is 0. The molecule has 0 bridgehead atoms. The van der Waals surface area contributed by atoms with Gasteiger partial charge in [0.25, 0.3) is 0 Å². The summed E-state index contributed by atoms with van der Waals surface area (Å²) in [6.45, 7) is 16.6. The third-order valence-electron chi connectivity index (χ3n) is 7.12. The van der Waals surface area contributed by atoms with Crippen molar-refractivity contribution in [2.24, 2.45) is 0 Å². The van der Waals surface area contributed by atoms with Crippen LogP contribution in [0.1, 0.15) is 25.1 Å². The highest BCUT2D eigenvalue weighted by Crippen LogP contribution is 2.48. The van der Waals surface area contributed by atoms with Gasteiger partial charge in [0.1, 0.15) is 12.6 Å². The average Bonchev–Trinajstić information content (AvgIpc) is 2.89. The molecule has 1 aliphatic rings. The molecule has 3 rings (SSSR count). The number of carbonyl (C=O) groups excluding carboxylic acids is 1. The van der Waals surface area contributed by atoms with Crippen molar-refractivity contribution in [3.63, 3.8) is 0 Å². The summed E-state index contributed by atoms with van der Waals surface area (Å²) in [5.74, 6) is 0. The average molecular weight is 610 g/mol. The van der Waals surface area contributed by atoms with E-state index in [0.717, 1.165) is 49.1 Å². The minimum atomic E-state index is -3.28. The molecule has 1 aliphatic heterocycles. The minimum absolute atomic E-state index is 0.200. The van der Waals surface area contributed by atoms with Gasteiger partial charge >= 0.3 is 7.60 Å². The number of carbonyl (C=O) groups is 1. The Morgan fingerprint density at radius 1 is 0.805 bits per heavy atom. The van der Waals surface area contributed by atoms with E-state index in [1.165, 1.54) is 5.56 Å². The highest BCUT2D eigenvalue weighted by atomic mass is 31.2. The Morgan fingerprint density at radius 3 is 1.93 bits per heavy atom. The first-order chi connectivity index (χ1) is 19.5. The summed E-state index contributed by atoms with van der Waals surface area (Å²) in [5, 5.41) is 1.13. The maximum absolute atomic E-state index is 13.4. The zero-order valence-electron chi connectivity index (χ0n) is 25.5. The molecule has 0 radical (unpaired) electrons. The molecule has 0 unspecified atom stereocenters. The van der Waals surface area contributed by atoms with Crippen molar-refractivity contribution in [1.29, 1.82) is 0 Å². The molecule has 0 spiro atoms. The van der Waals surface area contributed by atoms with Crippen LogP contribution in [0, 0.1) is 6.92 Å². The van der Waals surface area contributed by atoms with Crippen LogP contribution < -0.4 is 0 Å². The summed E-state index contributed by atoms with van der Waals surface area (Å²) in [4.78, 5) is 25.3. The summed E-state index contributed by atoms with van der Waals surface area (Å²) < 4.78 is 37.5. The largest absolute Gasteiger partial charge is 0.344 e. The highest BCUT2D eigenvalue weighted by Gasteiger charge is 2.28. The Labute approximate surface area is 246 Å². The van der Waals surface area contributed by atoms with E-state index in [2.05, 4.69) is 56.9 Å². The van der Waals surface area contributed by atoms with Gasteiger partial charge in [0.15, 0.2) is 0 Å². The fraction of sp³-hybridized carbons (Fsp3) is 0.655. The second-order valence-electron chi connectivity index (χ2n) is 11.3. The minimum Gasteiger partial charge on any atom is -0.323 e. The summed E-state index contributed by atoms with van der Waals surface area (Å²) in [6, 6.07) is 10.5. The summed E-state index contributed by atoms with van der Waals surface area (Å²) >= 11 is 0. The zero-order valence-corrected chi connectivity index (χ0v) is 27.3. The summed E-state index contributed by atoms with van der Waals surface area (Å²) in [5.41, 5.74) is 3.19. The number of nitrogens with zero attached hydrogens (tertiary/aromatic N) is 5. The standard InChI is InChI=1S/C29H49N5O5P2/c1-6-38-41(37,39-7-2)25-34-17-13-31(20-21-35)12-16-33(24-40(4,5)36)18-14-32(15-19-34)23-28-10-9-27-22-26(3)8-11-29(27)30-28/h8-11,21-22H,6-7,12-20,23-25H2,1-5H3. The fourth-order valence-corrected chi connectivity index (χ4v) is 8.19. The molecule has 0 amide bonds. The molecule has 12 heteroatoms. The third-order valence-corrected chi connectivity index (χ3v) is 10.2. The van der Waals surface area contributed by atoms with Gasteiger partial charge in [-0.15, -0.1) is 0 Å². The van der Waals surface area contributed by atoms with Gasteiger partial charge in [-0.05, 0) is 52.3 Å². The summed E-state index contributed by atoms with van der Waals surface area (Å²) in [6.07, 6.45) is 1.67. The van der Waals surface area contributed by atoms with Crippen molar-refractivity contribution in [3.05, 3.63) is 41.6 Å². The Kier molecular flexibility index (Phi) is 13.6. The molecule has 1 fully saturated rings. The predicted octanol–water partition coefficient (Wildman–Crippen LogP) is 4.27. The summed E-state index contributed by atoms with van der Waals surface area (Å²) in [7, 11) is -5.56. The topological polar surface area (TPSA) is 95.5 Å². The molecular weight excluding hydrogens is 560 g/mol. The predicted molar refractivity (Wildman–Crippen MR) is 167 cm³/mol. The van der Waals surface area contributed by atoms with E-state index < -0.39 is 14.7 Å². The van der Waals surface area contributed by atoms with Crippen LogP contribution in [0.2, 0.25) is 0 Å². The van der Waals surface area contributed by atoms with Gasteiger partial charge in [0.05, 0.1) is 44.4 Å². The Morgan fingerprint density at radius 2 is 1.37 bits per heavy atom. The van der Waals surface area contributed by atoms with Crippen molar-refractivity contribution in [2.45, 2.75) is 27.3 Å². The van der Waals surface area contributed by atoms with Crippen molar-refractivity contribution >= 4 is 31.9 Å². The molecule has 230 valence electrons. The third kappa shape index (κ3) is 12.0. The first-order valence-electron chi connectivity index (χ1n) is 14.6. The smallest absolute Gasteiger partial charge is 0.323 e. The maximum Gasteiger partial charge on any atom is 0.344 e. The molecule has 2 heterocycles. The Bertz CT molecular complexity index is 1200. The van der Waals surface area contributed by atoms with E-state index in [1.807, 2.05) is 27.2 Å². The van der Waals surface area contributed by atoms with E-state index >= 15 is 0 Å². The number of pyridine rings is 1. The maximum atomic E-state index is 13.4. The molecule has 1 aromatic heterocycles. The van der Waals surface area contributed by atoms with E-state index in [1.54, 1.807) is 0 Å². The van der Waals surface area contributed by atoms with Gasteiger partial charge in [0, 0.05) is 64.3 Å². The quantitative estimate of drug-likeness (QED) is 0.257. The van der Waals surface area contributed by atoms with Crippen molar-refractivity contribution in [1.82, 2.24) is 24.6 Å². The van der Waals surface area contributed by atoms with Crippen LogP contribution in [-0.4, -0.2) is 129 Å². The van der Waals surface area contributed by atoms with Crippen LogP contribution in [0.5, 0.6) is 0 Å². The monoisotopic (exact) mass is 609 g/mol. The van der Waals surface area contributed by atoms with Gasteiger partial charge in [-0.3, -0.25) is 29.1 Å². The van der Waals surface area contributed by atoms with Crippen LogP contribution in [-0.2, 0) is 29.5 Å². The SMILES string of the molecule is CCOP(=O)(CN1CCN(CC=O)CCN(CP(C)(C)=O)CCN(Cc2ccc3cc(C)ccc3n2)CC1)OCC. The number of rotatable bonds is 12. The van der Waals surface area contributed by atoms with E-state index in [-0.39, 0.29) is 6.29 Å². The van der Waals surface area contributed by atoms with Gasteiger partial charge in [-0.25, -0.2) is 0 Å². The second-order valence-corrected chi connectivity index (χ2v) is 16.7. The molecule has 0 aliphatic carbocycles.